The lowest BCUT2D eigenvalue weighted by Crippen LogP contribution is -2.40. The molecule has 1 aromatic rings. The number of hydrogen-bond acceptors (Lipinski definition) is 3. The second-order valence-corrected chi connectivity index (χ2v) is 6.54. The first kappa shape index (κ1) is 12.6. The van der Waals surface area contributed by atoms with E-state index >= 15 is 0 Å². The number of piperidine rings is 1. The van der Waals surface area contributed by atoms with Gasteiger partial charge in [-0.1, -0.05) is 12.1 Å². The van der Waals surface area contributed by atoms with Gasteiger partial charge in [-0.2, -0.15) is 0 Å². The topological polar surface area (TPSA) is 54.5 Å². The van der Waals surface area contributed by atoms with Gasteiger partial charge in [0.25, 0.3) is 10.0 Å². The molecule has 0 spiro atoms. The van der Waals surface area contributed by atoms with Crippen LogP contribution in [-0.4, -0.2) is 25.2 Å². The fraction of sp³-hybridized carbons (Fsp3) is 0.364. The normalized spacial score (nSPS) is 17.2. The third kappa shape index (κ3) is 2.37. The van der Waals surface area contributed by atoms with Crippen LogP contribution in [0.15, 0.2) is 33.6 Å². The van der Waals surface area contributed by atoms with Crippen molar-refractivity contribution in [1.29, 1.82) is 0 Å². The molecule has 0 bridgehead atoms. The van der Waals surface area contributed by atoms with E-state index in [-0.39, 0.29) is 17.3 Å². The maximum atomic E-state index is 12.3. The molecule has 1 saturated heterocycles. The van der Waals surface area contributed by atoms with Gasteiger partial charge in [-0.05, 0) is 40.9 Å². The van der Waals surface area contributed by atoms with E-state index in [2.05, 4.69) is 15.9 Å². The van der Waals surface area contributed by atoms with Crippen molar-refractivity contribution in [1.82, 2.24) is 4.31 Å². The SMILES string of the molecule is O=C1CCCCN1S(=O)(=O)c1ccccc1Br. The fourth-order valence-electron chi connectivity index (χ4n) is 1.81. The molecule has 1 aliphatic rings. The van der Waals surface area contributed by atoms with Crippen LogP contribution in [0.3, 0.4) is 0 Å². The number of benzene rings is 1. The number of nitrogens with zero attached hydrogens (tertiary/aromatic N) is 1. The molecule has 1 aromatic carbocycles. The predicted molar refractivity (Wildman–Crippen MR) is 66.9 cm³/mol. The Morgan fingerprint density at radius 3 is 2.53 bits per heavy atom. The number of hydrogen-bond donors (Lipinski definition) is 0. The summed E-state index contributed by atoms with van der Waals surface area (Å²) in [6, 6.07) is 6.54. The summed E-state index contributed by atoms with van der Waals surface area (Å²) in [6.07, 6.45) is 1.81. The van der Waals surface area contributed by atoms with E-state index in [1.807, 2.05) is 0 Å². The van der Waals surface area contributed by atoms with Crippen LogP contribution in [0, 0.1) is 0 Å². The van der Waals surface area contributed by atoms with Gasteiger partial charge in [0.05, 0.1) is 0 Å². The van der Waals surface area contributed by atoms with Crippen molar-refractivity contribution < 1.29 is 13.2 Å². The minimum absolute atomic E-state index is 0.148. The van der Waals surface area contributed by atoms with Gasteiger partial charge >= 0.3 is 0 Å². The summed E-state index contributed by atoms with van der Waals surface area (Å²) in [5.41, 5.74) is 0. The number of carbonyl (C=O) groups is 1. The molecule has 92 valence electrons. The highest BCUT2D eigenvalue weighted by molar-refractivity contribution is 9.10. The largest absolute Gasteiger partial charge is 0.274 e. The molecule has 0 N–H and O–H groups in total. The van der Waals surface area contributed by atoms with Gasteiger partial charge in [0.2, 0.25) is 5.91 Å². The smallest absolute Gasteiger partial charge is 0.267 e. The van der Waals surface area contributed by atoms with Crippen LogP contribution in [0.4, 0.5) is 0 Å². The molecule has 1 amide bonds. The van der Waals surface area contributed by atoms with Gasteiger partial charge < -0.3 is 0 Å². The van der Waals surface area contributed by atoms with Crippen molar-refractivity contribution in [2.45, 2.75) is 24.2 Å². The second-order valence-electron chi connectivity index (χ2n) is 3.86. The summed E-state index contributed by atoms with van der Waals surface area (Å²) in [4.78, 5) is 11.8. The van der Waals surface area contributed by atoms with Gasteiger partial charge in [-0.15, -0.1) is 0 Å². The van der Waals surface area contributed by atoms with Crippen LogP contribution in [-0.2, 0) is 14.8 Å². The number of sulfonamides is 1. The van der Waals surface area contributed by atoms with Crippen molar-refractivity contribution >= 4 is 31.9 Å². The summed E-state index contributed by atoms with van der Waals surface area (Å²) >= 11 is 3.20. The summed E-state index contributed by atoms with van der Waals surface area (Å²) in [6.45, 7) is 0.280. The number of amides is 1. The average Bonchev–Trinajstić information content (AvgIpc) is 2.29. The van der Waals surface area contributed by atoms with Crippen molar-refractivity contribution in [2.24, 2.45) is 0 Å². The van der Waals surface area contributed by atoms with E-state index in [9.17, 15) is 13.2 Å². The molecular formula is C11H12BrNO3S. The van der Waals surface area contributed by atoms with E-state index in [1.54, 1.807) is 18.2 Å². The lowest BCUT2D eigenvalue weighted by Gasteiger charge is -2.26. The summed E-state index contributed by atoms with van der Waals surface area (Å²) in [5, 5.41) is 0. The molecular weight excluding hydrogens is 306 g/mol. The van der Waals surface area contributed by atoms with Gasteiger partial charge in [-0.3, -0.25) is 4.79 Å². The van der Waals surface area contributed by atoms with Crippen LogP contribution in [0.2, 0.25) is 0 Å². The summed E-state index contributed by atoms with van der Waals surface area (Å²) < 4.78 is 26.1. The average molecular weight is 318 g/mol. The lowest BCUT2D eigenvalue weighted by molar-refractivity contribution is -0.128. The zero-order valence-electron chi connectivity index (χ0n) is 9.10. The van der Waals surface area contributed by atoms with Gasteiger partial charge in [0, 0.05) is 17.4 Å². The quantitative estimate of drug-likeness (QED) is 0.839. The third-order valence-electron chi connectivity index (χ3n) is 2.68. The first-order chi connectivity index (χ1) is 8.03. The first-order valence-electron chi connectivity index (χ1n) is 5.33. The maximum absolute atomic E-state index is 12.3. The molecule has 0 atom stereocenters. The van der Waals surface area contributed by atoms with Crippen LogP contribution >= 0.6 is 15.9 Å². The standard InChI is InChI=1S/C11H12BrNO3S/c12-9-5-1-2-6-10(9)17(15,16)13-8-4-3-7-11(13)14/h1-2,5-6H,3-4,7-8H2. The molecule has 0 aliphatic carbocycles. The number of rotatable bonds is 2. The van der Waals surface area contributed by atoms with Crippen molar-refractivity contribution in [2.75, 3.05) is 6.54 Å². The van der Waals surface area contributed by atoms with Gasteiger partial charge in [0.1, 0.15) is 4.90 Å². The Morgan fingerprint density at radius 2 is 1.88 bits per heavy atom. The lowest BCUT2D eigenvalue weighted by atomic mass is 10.2. The molecule has 0 saturated carbocycles. The molecule has 6 heteroatoms. The predicted octanol–water partition coefficient (Wildman–Crippen LogP) is 2.15. The van der Waals surface area contributed by atoms with Gasteiger partial charge in [0.15, 0.2) is 0 Å². The Hall–Kier alpha value is -0.880. The summed E-state index contributed by atoms with van der Waals surface area (Å²) in [7, 11) is -3.70. The molecule has 17 heavy (non-hydrogen) atoms. The molecule has 0 aromatic heterocycles. The van der Waals surface area contributed by atoms with E-state index in [1.165, 1.54) is 6.07 Å². The second kappa shape index (κ2) is 4.78. The van der Waals surface area contributed by atoms with Crippen LogP contribution in [0.25, 0.3) is 0 Å². The maximum Gasteiger partial charge on any atom is 0.267 e. The van der Waals surface area contributed by atoms with Crippen LogP contribution in [0.5, 0.6) is 0 Å². The highest BCUT2D eigenvalue weighted by Crippen LogP contribution is 2.27. The van der Waals surface area contributed by atoms with E-state index in [4.69, 9.17) is 0 Å². The van der Waals surface area contributed by atoms with E-state index in [0.29, 0.717) is 10.9 Å². The molecule has 2 rings (SSSR count). The Kier molecular flexibility index (Phi) is 3.53. The monoisotopic (exact) mass is 317 g/mol. The Labute approximate surface area is 109 Å². The van der Waals surface area contributed by atoms with Crippen molar-refractivity contribution in [3.63, 3.8) is 0 Å². The Morgan fingerprint density at radius 1 is 1.18 bits per heavy atom. The number of halogens is 1. The van der Waals surface area contributed by atoms with Crippen molar-refractivity contribution in [3.05, 3.63) is 28.7 Å². The zero-order valence-corrected chi connectivity index (χ0v) is 11.5. The minimum atomic E-state index is -3.70. The highest BCUT2D eigenvalue weighted by atomic mass is 79.9. The molecule has 4 nitrogen and oxygen atoms in total. The van der Waals surface area contributed by atoms with Crippen molar-refractivity contribution in [3.8, 4) is 0 Å². The molecule has 1 aliphatic heterocycles. The van der Waals surface area contributed by atoms with Gasteiger partial charge in [-0.25, -0.2) is 12.7 Å². The third-order valence-corrected chi connectivity index (χ3v) is 5.52. The van der Waals surface area contributed by atoms with Crippen LogP contribution in [0.1, 0.15) is 19.3 Å². The Bertz CT molecular complexity index is 541. The molecule has 0 unspecified atom stereocenters. The summed E-state index contributed by atoms with van der Waals surface area (Å²) in [5.74, 6) is -0.313. The molecule has 1 heterocycles. The number of carbonyl (C=O) groups excluding carboxylic acids is 1. The van der Waals surface area contributed by atoms with Crippen LogP contribution < -0.4 is 0 Å². The molecule has 0 radical (unpaired) electrons. The minimum Gasteiger partial charge on any atom is -0.274 e. The molecule has 1 fully saturated rings. The fourth-order valence-corrected chi connectivity index (χ4v) is 4.24. The zero-order chi connectivity index (χ0) is 12.5. The Balaban J connectivity index is 2.43. The highest BCUT2D eigenvalue weighted by Gasteiger charge is 2.31. The van der Waals surface area contributed by atoms with E-state index in [0.717, 1.165) is 17.1 Å². The first-order valence-corrected chi connectivity index (χ1v) is 7.57. The van der Waals surface area contributed by atoms with E-state index < -0.39 is 10.0 Å².